The molecule has 0 aliphatic heterocycles. The molecule has 0 heterocycles. The van der Waals surface area contributed by atoms with Crippen molar-refractivity contribution in [1.29, 1.82) is 0 Å². The second-order valence-electron chi connectivity index (χ2n) is 8.00. The number of carbonyl (C=O) groups is 1. The summed E-state index contributed by atoms with van der Waals surface area (Å²) in [6.45, 7) is 1.87. The first-order valence-corrected chi connectivity index (χ1v) is 9.99. The van der Waals surface area contributed by atoms with E-state index in [4.69, 9.17) is 4.74 Å². The van der Waals surface area contributed by atoms with Crippen molar-refractivity contribution < 1.29 is 19.4 Å². The molecule has 1 fully saturated rings. The van der Waals surface area contributed by atoms with Gasteiger partial charge in [0.2, 0.25) is 0 Å². The van der Waals surface area contributed by atoms with Gasteiger partial charge >= 0.3 is 5.97 Å². The number of nitrogens with zero attached hydrogens (tertiary/aromatic N) is 2. The Morgan fingerprint density at radius 1 is 1.00 bits per heavy atom. The van der Waals surface area contributed by atoms with Gasteiger partial charge in [-0.1, -0.05) is 43.2 Å². The third-order valence-corrected chi connectivity index (χ3v) is 5.61. The third-order valence-electron chi connectivity index (χ3n) is 5.61. The zero-order valence-corrected chi connectivity index (χ0v) is 16.8. The molecule has 30 heavy (non-hydrogen) atoms. The van der Waals surface area contributed by atoms with Crippen LogP contribution in [0.5, 0.6) is 0 Å². The highest BCUT2D eigenvalue weighted by molar-refractivity contribution is 5.91. The molecule has 158 valence electrons. The first kappa shape index (κ1) is 21.4. The maximum Gasteiger partial charge on any atom is 0.339 e. The van der Waals surface area contributed by atoms with Crippen molar-refractivity contribution in [3.63, 3.8) is 0 Å². The highest BCUT2D eigenvalue weighted by Crippen LogP contribution is 2.38. The predicted molar refractivity (Wildman–Crippen MR) is 110 cm³/mol. The molecule has 1 aliphatic carbocycles. The van der Waals surface area contributed by atoms with Gasteiger partial charge in [-0.3, -0.25) is 20.2 Å². The summed E-state index contributed by atoms with van der Waals surface area (Å²) in [5.74, 6) is -0.555. The normalized spacial score (nSPS) is 21.8. The van der Waals surface area contributed by atoms with Gasteiger partial charge in [0.1, 0.15) is 5.60 Å². The van der Waals surface area contributed by atoms with Crippen molar-refractivity contribution in [2.75, 3.05) is 0 Å². The second kappa shape index (κ2) is 9.02. The lowest BCUT2D eigenvalue weighted by atomic mass is 9.79. The Morgan fingerprint density at radius 2 is 1.63 bits per heavy atom. The number of carbonyl (C=O) groups excluding carboxylic acids is 1. The van der Waals surface area contributed by atoms with Crippen LogP contribution in [-0.2, 0) is 4.74 Å². The van der Waals surface area contributed by atoms with Crippen molar-refractivity contribution in [1.82, 2.24) is 0 Å². The molecule has 0 radical (unpaired) electrons. The standard InChI is InChI=1S/C22H24N2O6/c1-22(11-7-3-6-10-17(15-22)16-8-4-2-5-9-16)30-21(25)18-12-19(23(26)27)14-20(13-18)24(28)29/h2,4-5,8-9,12-14,17H,3,6-7,10-11,15H2,1H3/t17-,22-/m0/s1. The van der Waals surface area contributed by atoms with E-state index in [0.717, 1.165) is 43.9 Å². The number of ether oxygens (including phenoxy) is 1. The maximum atomic E-state index is 12.8. The minimum Gasteiger partial charge on any atom is -0.456 e. The fourth-order valence-corrected chi connectivity index (χ4v) is 4.10. The minimum absolute atomic E-state index is 0.185. The molecule has 8 heteroatoms. The molecule has 0 bridgehead atoms. The van der Waals surface area contributed by atoms with Crippen LogP contribution in [0.15, 0.2) is 48.5 Å². The summed E-state index contributed by atoms with van der Waals surface area (Å²) in [6, 6.07) is 12.9. The van der Waals surface area contributed by atoms with E-state index in [1.54, 1.807) is 0 Å². The van der Waals surface area contributed by atoms with Gasteiger partial charge < -0.3 is 4.74 Å². The van der Waals surface area contributed by atoms with Crippen LogP contribution in [0.2, 0.25) is 0 Å². The number of nitro benzene ring substituents is 2. The summed E-state index contributed by atoms with van der Waals surface area (Å²) in [5.41, 5.74) is -0.789. The average Bonchev–Trinajstić information content (AvgIpc) is 2.71. The van der Waals surface area contributed by atoms with Gasteiger partial charge in [-0.15, -0.1) is 0 Å². The Morgan fingerprint density at radius 3 is 2.23 bits per heavy atom. The van der Waals surface area contributed by atoms with Crippen molar-refractivity contribution in [2.24, 2.45) is 0 Å². The molecular weight excluding hydrogens is 388 g/mol. The lowest BCUT2D eigenvalue weighted by Crippen LogP contribution is -2.34. The Bertz CT molecular complexity index is 914. The SMILES string of the molecule is C[C@]1(OC(=O)c2cc([N+](=O)[O-])cc([N+](=O)[O-])c2)CCCCC[C@H](c2ccccc2)C1. The summed E-state index contributed by atoms with van der Waals surface area (Å²) in [4.78, 5) is 33.6. The number of hydrogen-bond acceptors (Lipinski definition) is 6. The molecule has 2 aromatic carbocycles. The number of hydrogen-bond donors (Lipinski definition) is 0. The molecule has 0 spiro atoms. The lowest BCUT2D eigenvalue weighted by molar-refractivity contribution is -0.394. The molecule has 3 rings (SSSR count). The zero-order chi connectivity index (χ0) is 21.7. The summed E-state index contributed by atoms with van der Waals surface area (Å²) >= 11 is 0. The van der Waals surface area contributed by atoms with Crippen LogP contribution in [0.3, 0.4) is 0 Å². The lowest BCUT2D eigenvalue weighted by Gasteiger charge is -2.35. The quantitative estimate of drug-likeness (QED) is 0.361. The summed E-state index contributed by atoms with van der Waals surface area (Å²) in [6.07, 6.45) is 5.30. The molecule has 0 amide bonds. The fourth-order valence-electron chi connectivity index (χ4n) is 4.10. The van der Waals surface area contributed by atoms with Crippen molar-refractivity contribution in [2.45, 2.75) is 57.0 Å². The zero-order valence-electron chi connectivity index (χ0n) is 16.8. The van der Waals surface area contributed by atoms with Gasteiger partial charge in [0.25, 0.3) is 11.4 Å². The van der Waals surface area contributed by atoms with Gasteiger partial charge in [-0.2, -0.15) is 0 Å². The highest BCUT2D eigenvalue weighted by atomic mass is 16.6. The molecule has 8 nitrogen and oxygen atoms in total. The molecule has 1 aliphatic rings. The van der Waals surface area contributed by atoms with Crippen molar-refractivity contribution in [3.05, 3.63) is 79.9 Å². The summed E-state index contributed by atoms with van der Waals surface area (Å²) in [7, 11) is 0. The van der Waals surface area contributed by atoms with Crippen LogP contribution < -0.4 is 0 Å². The molecule has 2 aromatic rings. The van der Waals surface area contributed by atoms with Crippen LogP contribution in [0, 0.1) is 20.2 Å². The molecule has 0 aromatic heterocycles. The first-order valence-electron chi connectivity index (χ1n) is 9.99. The second-order valence-corrected chi connectivity index (χ2v) is 8.00. The number of benzene rings is 2. The molecule has 1 saturated carbocycles. The van der Waals surface area contributed by atoms with Gasteiger partial charge in [-0.05, 0) is 44.1 Å². The van der Waals surface area contributed by atoms with E-state index < -0.39 is 32.8 Å². The maximum absolute atomic E-state index is 12.8. The molecule has 2 atom stereocenters. The Kier molecular flexibility index (Phi) is 6.44. The van der Waals surface area contributed by atoms with Crippen LogP contribution in [0.1, 0.15) is 67.3 Å². The highest BCUT2D eigenvalue weighted by Gasteiger charge is 2.34. The monoisotopic (exact) mass is 412 g/mol. The van der Waals surface area contributed by atoms with Gasteiger partial charge in [0.15, 0.2) is 0 Å². The number of esters is 1. The summed E-state index contributed by atoms with van der Waals surface area (Å²) < 4.78 is 5.84. The smallest absolute Gasteiger partial charge is 0.339 e. The van der Waals surface area contributed by atoms with E-state index >= 15 is 0 Å². The van der Waals surface area contributed by atoms with E-state index in [2.05, 4.69) is 12.1 Å². The van der Waals surface area contributed by atoms with Crippen LogP contribution in [-0.4, -0.2) is 21.4 Å². The molecule has 0 N–H and O–H groups in total. The van der Waals surface area contributed by atoms with E-state index in [0.29, 0.717) is 12.8 Å². The van der Waals surface area contributed by atoms with Gasteiger partial charge in [0, 0.05) is 12.1 Å². The fraction of sp³-hybridized carbons (Fsp3) is 0.409. The van der Waals surface area contributed by atoms with Crippen molar-refractivity contribution >= 4 is 17.3 Å². The molecule has 0 unspecified atom stereocenters. The average molecular weight is 412 g/mol. The summed E-state index contributed by atoms with van der Waals surface area (Å²) in [5, 5.41) is 22.2. The minimum atomic E-state index is -0.781. The molecule has 0 saturated heterocycles. The predicted octanol–water partition coefficient (Wildman–Crippen LogP) is 5.56. The van der Waals surface area contributed by atoms with E-state index in [1.807, 2.05) is 25.1 Å². The Hall–Kier alpha value is -3.29. The third kappa shape index (κ3) is 5.20. The Balaban J connectivity index is 1.86. The Labute approximate surface area is 174 Å². The largest absolute Gasteiger partial charge is 0.456 e. The van der Waals surface area contributed by atoms with E-state index in [9.17, 15) is 25.0 Å². The topological polar surface area (TPSA) is 113 Å². The van der Waals surface area contributed by atoms with Gasteiger partial charge in [-0.25, -0.2) is 4.79 Å². The first-order chi connectivity index (χ1) is 14.3. The van der Waals surface area contributed by atoms with Crippen LogP contribution in [0.25, 0.3) is 0 Å². The number of nitro groups is 2. The number of rotatable bonds is 5. The van der Waals surface area contributed by atoms with Gasteiger partial charge in [0.05, 0.1) is 21.5 Å². The number of non-ortho nitro benzene ring substituents is 2. The van der Waals surface area contributed by atoms with Crippen LogP contribution in [0.4, 0.5) is 11.4 Å². The molecular formula is C22H24N2O6. The van der Waals surface area contributed by atoms with E-state index in [1.165, 1.54) is 5.56 Å². The van der Waals surface area contributed by atoms with Crippen LogP contribution >= 0.6 is 0 Å². The van der Waals surface area contributed by atoms with Crippen molar-refractivity contribution in [3.8, 4) is 0 Å². The van der Waals surface area contributed by atoms with E-state index in [-0.39, 0.29) is 11.5 Å².